The highest BCUT2D eigenvalue weighted by atomic mass is 16.5. The third-order valence-corrected chi connectivity index (χ3v) is 2.76. The molecule has 0 aliphatic carbocycles. The summed E-state index contributed by atoms with van der Waals surface area (Å²) in [6.45, 7) is 7.76. The lowest BCUT2D eigenvalue weighted by molar-refractivity contribution is 0.0476. The molecule has 2 atom stereocenters. The van der Waals surface area contributed by atoms with Crippen LogP contribution >= 0.6 is 0 Å². The average molecular weight is 237 g/mol. The fourth-order valence-electron chi connectivity index (χ4n) is 1.63. The normalized spacial score (nSPS) is 16.5. The van der Waals surface area contributed by atoms with Crippen LogP contribution in [-0.2, 0) is 10.3 Å². The first kappa shape index (κ1) is 14.2. The van der Waals surface area contributed by atoms with Crippen LogP contribution in [-0.4, -0.2) is 30.9 Å². The van der Waals surface area contributed by atoms with Crippen molar-refractivity contribution in [3.05, 3.63) is 35.9 Å². The highest BCUT2D eigenvalue weighted by molar-refractivity contribution is 5.21. The fraction of sp³-hybridized carbons (Fsp3) is 0.571. The second-order valence-corrected chi connectivity index (χ2v) is 4.58. The molecule has 0 saturated carbocycles. The van der Waals surface area contributed by atoms with Crippen LogP contribution in [0.3, 0.4) is 0 Å². The van der Waals surface area contributed by atoms with Gasteiger partial charge in [0, 0.05) is 19.2 Å². The van der Waals surface area contributed by atoms with Crippen molar-refractivity contribution >= 4 is 0 Å². The van der Waals surface area contributed by atoms with Gasteiger partial charge >= 0.3 is 0 Å². The number of nitrogens with one attached hydrogen (secondary N) is 1. The monoisotopic (exact) mass is 237 g/mol. The van der Waals surface area contributed by atoms with Crippen molar-refractivity contribution in [3.8, 4) is 0 Å². The van der Waals surface area contributed by atoms with E-state index in [1.165, 1.54) is 0 Å². The van der Waals surface area contributed by atoms with Crippen LogP contribution in [0.5, 0.6) is 0 Å². The Morgan fingerprint density at radius 2 is 2.00 bits per heavy atom. The van der Waals surface area contributed by atoms with Gasteiger partial charge in [0.25, 0.3) is 0 Å². The average Bonchev–Trinajstić information content (AvgIpc) is 2.35. The number of ether oxygens (including phenoxy) is 1. The Balaban J connectivity index is 2.45. The van der Waals surface area contributed by atoms with Gasteiger partial charge in [-0.2, -0.15) is 0 Å². The van der Waals surface area contributed by atoms with E-state index >= 15 is 0 Å². The zero-order valence-corrected chi connectivity index (χ0v) is 10.9. The van der Waals surface area contributed by atoms with E-state index in [0.29, 0.717) is 13.2 Å². The summed E-state index contributed by atoms with van der Waals surface area (Å²) in [4.78, 5) is 0. The molecule has 3 nitrogen and oxygen atoms in total. The topological polar surface area (TPSA) is 41.5 Å². The largest absolute Gasteiger partial charge is 0.384 e. The maximum absolute atomic E-state index is 10.4. The lowest BCUT2D eigenvalue weighted by Gasteiger charge is -2.26. The van der Waals surface area contributed by atoms with Gasteiger partial charge in [-0.25, -0.2) is 0 Å². The molecule has 3 heteroatoms. The lowest BCUT2D eigenvalue weighted by atomic mass is 9.96. The standard InChI is InChI=1S/C14H23NO2/c1-4-17-10-12(2)15-11-14(3,16)13-8-6-5-7-9-13/h5-9,12,15-16H,4,10-11H2,1-3H3. The molecule has 2 unspecified atom stereocenters. The molecule has 0 bridgehead atoms. The fourth-order valence-corrected chi connectivity index (χ4v) is 1.63. The first-order valence-electron chi connectivity index (χ1n) is 6.15. The number of aliphatic hydroxyl groups is 1. The van der Waals surface area contributed by atoms with Gasteiger partial charge in [0.05, 0.1) is 12.2 Å². The van der Waals surface area contributed by atoms with Crippen LogP contribution in [0.1, 0.15) is 26.3 Å². The summed E-state index contributed by atoms with van der Waals surface area (Å²) in [6, 6.07) is 9.94. The number of benzene rings is 1. The van der Waals surface area contributed by atoms with Crippen molar-refractivity contribution in [3.63, 3.8) is 0 Å². The lowest BCUT2D eigenvalue weighted by Crippen LogP contribution is -2.41. The highest BCUT2D eigenvalue weighted by Gasteiger charge is 2.22. The quantitative estimate of drug-likeness (QED) is 0.761. The van der Waals surface area contributed by atoms with E-state index < -0.39 is 5.60 Å². The minimum Gasteiger partial charge on any atom is -0.384 e. The zero-order chi connectivity index (χ0) is 12.7. The molecule has 0 fully saturated rings. The predicted octanol–water partition coefficient (Wildman–Crippen LogP) is 1.91. The van der Waals surface area contributed by atoms with Crippen molar-refractivity contribution in [2.24, 2.45) is 0 Å². The third-order valence-electron chi connectivity index (χ3n) is 2.76. The Morgan fingerprint density at radius 3 is 2.59 bits per heavy atom. The molecule has 0 spiro atoms. The van der Waals surface area contributed by atoms with E-state index in [1.54, 1.807) is 0 Å². The van der Waals surface area contributed by atoms with E-state index in [0.717, 1.165) is 12.2 Å². The summed E-state index contributed by atoms with van der Waals surface area (Å²) < 4.78 is 5.32. The number of rotatable bonds is 7. The summed E-state index contributed by atoms with van der Waals surface area (Å²) in [5.41, 5.74) is 0.0815. The van der Waals surface area contributed by atoms with Gasteiger partial charge in [-0.05, 0) is 26.3 Å². The van der Waals surface area contributed by atoms with E-state index in [1.807, 2.05) is 44.2 Å². The SMILES string of the molecule is CCOCC(C)NCC(C)(O)c1ccccc1. The van der Waals surface area contributed by atoms with Gasteiger partial charge in [-0.1, -0.05) is 30.3 Å². The van der Waals surface area contributed by atoms with E-state index in [2.05, 4.69) is 12.2 Å². The number of hydrogen-bond acceptors (Lipinski definition) is 3. The van der Waals surface area contributed by atoms with Crippen LogP contribution in [0.15, 0.2) is 30.3 Å². The summed E-state index contributed by atoms with van der Waals surface area (Å²) in [7, 11) is 0. The van der Waals surface area contributed by atoms with E-state index in [-0.39, 0.29) is 6.04 Å². The third kappa shape index (κ3) is 4.86. The molecular weight excluding hydrogens is 214 g/mol. The molecule has 96 valence electrons. The molecule has 1 rings (SSSR count). The molecular formula is C14H23NO2. The van der Waals surface area contributed by atoms with Gasteiger partial charge in [-0.15, -0.1) is 0 Å². The van der Waals surface area contributed by atoms with Crippen LogP contribution in [0.25, 0.3) is 0 Å². The maximum Gasteiger partial charge on any atom is 0.0992 e. The predicted molar refractivity (Wildman–Crippen MR) is 70.0 cm³/mol. The zero-order valence-electron chi connectivity index (χ0n) is 10.9. The van der Waals surface area contributed by atoms with E-state index in [9.17, 15) is 5.11 Å². The molecule has 17 heavy (non-hydrogen) atoms. The molecule has 0 aliphatic heterocycles. The smallest absolute Gasteiger partial charge is 0.0992 e. The molecule has 0 aliphatic rings. The van der Waals surface area contributed by atoms with E-state index in [4.69, 9.17) is 4.74 Å². The van der Waals surface area contributed by atoms with Crippen LogP contribution < -0.4 is 5.32 Å². The van der Waals surface area contributed by atoms with Crippen LogP contribution in [0, 0.1) is 0 Å². The minimum atomic E-state index is -0.846. The van der Waals surface area contributed by atoms with Crippen molar-refractivity contribution in [2.75, 3.05) is 19.8 Å². The number of hydrogen-bond donors (Lipinski definition) is 2. The summed E-state index contributed by atoms with van der Waals surface area (Å²) >= 11 is 0. The van der Waals surface area contributed by atoms with Crippen molar-refractivity contribution in [1.82, 2.24) is 5.32 Å². The van der Waals surface area contributed by atoms with Gasteiger partial charge in [-0.3, -0.25) is 0 Å². The second kappa shape index (κ2) is 6.74. The first-order valence-corrected chi connectivity index (χ1v) is 6.15. The Bertz CT molecular complexity index is 311. The molecule has 2 N–H and O–H groups in total. The highest BCUT2D eigenvalue weighted by Crippen LogP contribution is 2.18. The van der Waals surface area contributed by atoms with Gasteiger partial charge < -0.3 is 15.2 Å². The summed E-state index contributed by atoms with van der Waals surface area (Å²) in [5.74, 6) is 0. The van der Waals surface area contributed by atoms with Crippen molar-refractivity contribution in [1.29, 1.82) is 0 Å². The Hall–Kier alpha value is -0.900. The molecule has 1 aromatic rings. The molecule has 0 aromatic heterocycles. The van der Waals surface area contributed by atoms with Gasteiger partial charge in [0.1, 0.15) is 0 Å². The van der Waals surface area contributed by atoms with Crippen LogP contribution in [0.2, 0.25) is 0 Å². The second-order valence-electron chi connectivity index (χ2n) is 4.58. The Morgan fingerprint density at radius 1 is 1.35 bits per heavy atom. The Kier molecular flexibility index (Phi) is 5.62. The van der Waals surface area contributed by atoms with Gasteiger partial charge in [0.2, 0.25) is 0 Å². The maximum atomic E-state index is 10.4. The van der Waals surface area contributed by atoms with Crippen molar-refractivity contribution in [2.45, 2.75) is 32.4 Å². The van der Waals surface area contributed by atoms with Gasteiger partial charge in [0.15, 0.2) is 0 Å². The summed E-state index contributed by atoms with van der Waals surface area (Å²) in [5, 5.41) is 13.6. The first-order chi connectivity index (χ1) is 8.06. The molecule has 0 heterocycles. The van der Waals surface area contributed by atoms with Crippen LogP contribution in [0.4, 0.5) is 0 Å². The minimum absolute atomic E-state index is 0.241. The van der Waals surface area contributed by atoms with Crippen molar-refractivity contribution < 1.29 is 9.84 Å². The molecule has 0 saturated heterocycles. The molecule has 0 amide bonds. The molecule has 0 radical (unpaired) electrons. The Labute approximate surface area is 104 Å². The molecule has 1 aromatic carbocycles. The summed E-state index contributed by atoms with van der Waals surface area (Å²) in [6.07, 6.45) is 0.